The highest BCUT2D eigenvalue weighted by molar-refractivity contribution is 7.12. The van der Waals surface area contributed by atoms with Gasteiger partial charge in [-0.15, -0.1) is 11.3 Å². The molecule has 2 aromatic rings. The van der Waals surface area contributed by atoms with Gasteiger partial charge in [-0.3, -0.25) is 0 Å². The summed E-state index contributed by atoms with van der Waals surface area (Å²) in [4.78, 5) is 2.12. The first-order valence-electron chi connectivity index (χ1n) is 6.28. The molecule has 2 rings (SSSR count). The summed E-state index contributed by atoms with van der Waals surface area (Å²) >= 11 is 1.58. The van der Waals surface area contributed by atoms with Crippen LogP contribution in [0.3, 0.4) is 0 Å². The Morgan fingerprint density at radius 2 is 1.84 bits per heavy atom. The van der Waals surface area contributed by atoms with Crippen LogP contribution in [0.15, 0.2) is 24.3 Å². The van der Waals surface area contributed by atoms with Gasteiger partial charge in [0, 0.05) is 15.3 Å². The molecule has 0 aliphatic carbocycles. The summed E-state index contributed by atoms with van der Waals surface area (Å²) < 4.78 is 27.9. The second-order valence-electron chi connectivity index (χ2n) is 4.51. The van der Waals surface area contributed by atoms with Crippen LogP contribution in [0.25, 0.3) is 0 Å². The summed E-state index contributed by atoms with van der Waals surface area (Å²) in [5.41, 5.74) is 1.25. The number of aryl methyl sites for hydroxylation is 2. The van der Waals surface area contributed by atoms with Crippen LogP contribution in [0.4, 0.5) is 8.78 Å². The molecule has 0 saturated carbocycles. The zero-order valence-electron chi connectivity index (χ0n) is 11.3. The molecule has 0 saturated heterocycles. The van der Waals surface area contributed by atoms with Crippen molar-refractivity contribution >= 4 is 11.3 Å². The maximum Gasteiger partial charge on any atom is 0.131 e. The lowest BCUT2D eigenvalue weighted by Gasteiger charge is -2.18. The number of benzene rings is 1. The van der Waals surface area contributed by atoms with E-state index in [2.05, 4.69) is 5.32 Å². The van der Waals surface area contributed by atoms with Gasteiger partial charge in [-0.05, 0) is 44.2 Å². The first kappa shape index (κ1) is 14.2. The molecule has 102 valence electrons. The van der Waals surface area contributed by atoms with Crippen LogP contribution >= 0.6 is 11.3 Å². The molecule has 1 nitrogen and oxygen atoms in total. The molecular formula is C15H17F2NS. The Balaban J connectivity index is 2.51. The van der Waals surface area contributed by atoms with Gasteiger partial charge in [-0.25, -0.2) is 8.78 Å². The number of hydrogen-bond acceptors (Lipinski definition) is 2. The van der Waals surface area contributed by atoms with Crippen LogP contribution in [0, 0.1) is 25.5 Å². The number of nitrogens with one attached hydrogen (secondary N) is 1. The van der Waals surface area contributed by atoms with Gasteiger partial charge in [0.2, 0.25) is 0 Å². The van der Waals surface area contributed by atoms with Crippen molar-refractivity contribution in [2.75, 3.05) is 6.54 Å². The average Bonchev–Trinajstić information content (AvgIpc) is 2.68. The third-order valence-electron chi connectivity index (χ3n) is 3.17. The molecule has 1 unspecified atom stereocenters. The van der Waals surface area contributed by atoms with Crippen molar-refractivity contribution in [1.82, 2.24) is 5.32 Å². The fourth-order valence-electron chi connectivity index (χ4n) is 2.08. The van der Waals surface area contributed by atoms with Crippen LogP contribution in [-0.4, -0.2) is 6.54 Å². The van der Waals surface area contributed by atoms with E-state index >= 15 is 0 Å². The third-order valence-corrected chi connectivity index (χ3v) is 4.38. The number of halogens is 2. The van der Waals surface area contributed by atoms with E-state index in [9.17, 15) is 8.78 Å². The van der Waals surface area contributed by atoms with Gasteiger partial charge in [0.1, 0.15) is 11.6 Å². The van der Waals surface area contributed by atoms with Gasteiger partial charge in [-0.2, -0.15) is 0 Å². The molecular weight excluding hydrogens is 264 g/mol. The topological polar surface area (TPSA) is 12.0 Å². The van der Waals surface area contributed by atoms with Crippen LogP contribution in [-0.2, 0) is 0 Å². The minimum absolute atomic E-state index is 0.102. The van der Waals surface area contributed by atoms with E-state index in [4.69, 9.17) is 0 Å². The summed E-state index contributed by atoms with van der Waals surface area (Å²) in [5.74, 6) is -1.01. The molecule has 1 aromatic heterocycles. The Morgan fingerprint density at radius 1 is 1.21 bits per heavy atom. The Hall–Kier alpha value is -1.26. The lowest BCUT2D eigenvalue weighted by molar-refractivity contribution is 0.513. The van der Waals surface area contributed by atoms with Gasteiger partial charge in [0.15, 0.2) is 0 Å². The standard InChI is InChI=1S/C15H17F2NS/c1-4-18-15(13-8-9(2)10(3)19-13)14-11(16)6-5-7-12(14)17/h5-8,15,18H,4H2,1-3H3. The molecule has 1 heterocycles. The Bertz CT molecular complexity index is 538. The molecule has 0 amide bonds. The SMILES string of the molecule is CCNC(c1cc(C)c(C)s1)c1c(F)cccc1F. The predicted molar refractivity (Wildman–Crippen MR) is 75.7 cm³/mol. The first-order valence-corrected chi connectivity index (χ1v) is 7.10. The first-order chi connectivity index (χ1) is 9.04. The van der Waals surface area contributed by atoms with Gasteiger partial charge >= 0.3 is 0 Å². The normalized spacial score (nSPS) is 12.7. The van der Waals surface area contributed by atoms with Crippen LogP contribution in [0.2, 0.25) is 0 Å². The summed E-state index contributed by atoms with van der Waals surface area (Å²) in [7, 11) is 0. The highest BCUT2D eigenvalue weighted by atomic mass is 32.1. The van der Waals surface area contributed by atoms with Crippen LogP contribution in [0.5, 0.6) is 0 Å². The average molecular weight is 281 g/mol. The lowest BCUT2D eigenvalue weighted by atomic mass is 10.0. The molecule has 4 heteroatoms. The molecule has 0 aliphatic heterocycles. The molecule has 0 fully saturated rings. The zero-order chi connectivity index (χ0) is 14.0. The second-order valence-corrected chi connectivity index (χ2v) is 5.80. The predicted octanol–water partition coefficient (Wildman–Crippen LogP) is 4.34. The summed E-state index contributed by atoms with van der Waals surface area (Å²) in [6.45, 7) is 6.60. The van der Waals surface area contributed by atoms with Crippen molar-refractivity contribution in [3.8, 4) is 0 Å². The highest BCUT2D eigenvalue weighted by Gasteiger charge is 2.22. The van der Waals surface area contributed by atoms with Crippen molar-refractivity contribution in [3.63, 3.8) is 0 Å². The largest absolute Gasteiger partial charge is 0.306 e. The third kappa shape index (κ3) is 2.85. The molecule has 0 spiro atoms. The van der Waals surface area contributed by atoms with E-state index in [1.807, 2.05) is 26.8 Å². The van der Waals surface area contributed by atoms with E-state index in [-0.39, 0.29) is 5.56 Å². The highest BCUT2D eigenvalue weighted by Crippen LogP contribution is 2.33. The maximum atomic E-state index is 13.9. The smallest absolute Gasteiger partial charge is 0.131 e. The number of thiophene rings is 1. The summed E-state index contributed by atoms with van der Waals surface area (Å²) in [6, 6.07) is 5.57. The molecule has 0 bridgehead atoms. The van der Waals surface area contributed by atoms with E-state index in [0.29, 0.717) is 6.54 Å². The maximum absolute atomic E-state index is 13.9. The lowest BCUT2D eigenvalue weighted by Crippen LogP contribution is -2.23. The minimum atomic E-state index is -0.505. The van der Waals surface area contributed by atoms with E-state index in [1.54, 1.807) is 11.3 Å². The number of hydrogen-bond donors (Lipinski definition) is 1. The molecule has 19 heavy (non-hydrogen) atoms. The summed E-state index contributed by atoms with van der Waals surface area (Å²) in [6.07, 6.45) is 0. The molecule has 0 radical (unpaired) electrons. The van der Waals surface area contributed by atoms with Gasteiger partial charge < -0.3 is 5.32 Å². The van der Waals surface area contributed by atoms with Gasteiger partial charge in [0.25, 0.3) is 0 Å². The van der Waals surface area contributed by atoms with Crippen molar-refractivity contribution in [1.29, 1.82) is 0 Å². The number of rotatable bonds is 4. The minimum Gasteiger partial charge on any atom is -0.306 e. The van der Waals surface area contributed by atoms with Crippen molar-refractivity contribution in [2.45, 2.75) is 26.8 Å². The van der Waals surface area contributed by atoms with Gasteiger partial charge in [0.05, 0.1) is 6.04 Å². The Labute approximate surface area is 116 Å². The molecule has 1 N–H and O–H groups in total. The summed E-state index contributed by atoms with van der Waals surface area (Å²) in [5, 5.41) is 3.17. The molecule has 1 aromatic carbocycles. The van der Waals surface area contributed by atoms with E-state index in [1.165, 1.54) is 23.1 Å². The van der Waals surface area contributed by atoms with Crippen molar-refractivity contribution in [3.05, 3.63) is 56.8 Å². The van der Waals surface area contributed by atoms with E-state index in [0.717, 1.165) is 10.4 Å². The molecule has 1 atom stereocenters. The van der Waals surface area contributed by atoms with Crippen LogP contribution in [0.1, 0.15) is 33.8 Å². The Morgan fingerprint density at radius 3 is 2.32 bits per heavy atom. The second kappa shape index (κ2) is 5.80. The van der Waals surface area contributed by atoms with Crippen LogP contribution < -0.4 is 5.32 Å². The monoisotopic (exact) mass is 281 g/mol. The zero-order valence-corrected chi connectivity index (χ0v) is 12.1. The fraction of sp³-hybridized carbons (Fsp3) is 0.333. The molecule has 0 aliphatic rings. The van der Waals surface area contributed by atoms with E-state index < -0.39 is 17.7 Å². The van der Waals surface area contributed by atoms with Crippen molar-refractivity contribution in [2.24, 2.45) is 0 Å². The Kier molecular flexibility index (Phi) is 4.32. The fourth-order valence-corrected chi connectivity index (χ4v) is 3.21. The quantitative estimate of drug-likeness (QED) is 0.879. The van der Waals surface area contributed by atoms with Gasteiger partial charge in [-0.1, -0.05) is 13.0 Å². The van der Waals surface area contributed by atoms with Crippen molar-refractivity contribution < 1.29 is 8.78 Å².